The molecule has 0 unspecified atom stereocenters. The highest BCUT2D eigenvalue weighted by Gasteiger charge is 2.64. The third kappa shape index (κ3) is 3.32. The van der Waals surface area contributed by atoms with Gasteiger partial charge in [-0.2, -0.15) is 0 Å². The minimum Gasteiger partial charge on any atom is -0.453 e. The first-order valence-electron chi connectivity index (χ1n) is 7.19. The number of Topliss-reactive ketones (excluding diaryl/α,β-unsaturated/α-hetero) is 1. The van der Waals surface area contributed by atoms with Crippen LogP contribution in [0.25, 0.3) is 0 Å². The summed E-state index contributed by atoms with van der Waals surface area (Å²) >= 11 is 0. The summed E-state index contributed by atoms with van der Waals surface area (Å²) in [4.78, 5) is 24.6. The lowest BCUT2D eigenvalue weighted by Crippen LogP contribution is -2.60. The summed E-state index contributed by atoms with van der Waals surface area (Å²) in [7, 11) is 0. The van der Waals surface area contributed by atoms with Gasteiger partial charge in [0.1, 0.15) is 6.10 Å². The molecule has 3 N–H and O–H groups in total. The van der Waals surface area contributed by atoms with E-state index < -0.39 is 53.3 Å². The average Bonchev–Trinajstić information content (AvgIpc) is 2.60. The van der Waals surface area contributed by atoms with Crippen LogP contribution in [-0.2, 0) is 19.1 Å². The number of esters is 1. The molecule has 0 aliphatic carbocycles. The van der Waals surface area contributed by atoms with Crippen molar-refractivity contribution < 1.29 is 34.4 Å². The van der Waals surface area contributed by atoms with Crippen molar-refractivity contribution >= 4 is 11.8 Å². The fourth-order valence-corrected chi connectivity index (χ4v) is 2.24. The molecule has 4 atom stereocenters. The minimum atomic E-state index is -2.31. The number of rotatable bonds is 3. The molecular weight excluding hydrogens is 292 g/mol. The van der Waals surface area contributed by atoms with E-state index in [0.29, 0.717) is 0 Å². The van der Waals surface area contributed by atoms with Crippen LogP contribution in [0.15, 0.2) is 0 Å². The van der Waals surface area contributed by atoms with Gasteiger partial charge in [-0.25, -0.2) is 0 Å². The molecular formula is C15H26O7. The van der Waals surface area contributed by atoms with Gasteiger partial charge in [0.2, 0.25) is 0 Å². The number of aliphatic hydroxyl groups is 3. The molecule has 0 aromatic heterocycles. The topological polar surface area (TPSA) is 113 Å². The summed E-state index contributed by atoms with van der Waals surface area (Å²) in [6, 6.07) is 0. The molecule has 1 aliphatic rings. The molecule has 0 radical (unpaired) electrons. The summed E-state index contributed by atoms with van der Waals surface area (Å²) in [5.41, 5.74) is -4.18. The molecule has 128 valence electrons. The molecule has 0 saturated carbocycles. The highest BCUT2D eigenvalue weighted by Crippen LogP contribution is 2.39. The SMILES string of the molecule is CC(C)(C)C(=O)O[C@H]1[C@@H](O)O[C@H](CO)[C@]1(O)C(=O)C(C)(C)C. The number of ether oxygens (including phenoxy) is 2. The van der Waals surface area contributed by atoms with Crippen LogP contribution in [0, 0.1) is 10.8 Å². The Balaban J connectivity index is 3.22. The number of aliphatic hydroxyl groups excluding tert-OH is 2. The standard InChI is InChI=1S/C15H26O7/c1-13(2,3)11(18)15(20)8(7-16)21-10(17)9(15)22-12(19)14(4,5)6/h8-10,16-17,20H,7H2,1-6H3/t8-,9+,10+,15-/m1/s1. The van der Waals surface area contributed by atoms with Crippen LogP contribution in [-0.4, -0.2) is 57.8 Å². The lowest BCUT2D eigenvalue weighted by Gasteiger charge is -2.36. The van der Waals surface area contributed by atoms with Crippen LogP contribution in [0.3, 0.4) is 0 Å². The van der Waals surface area contributed by atoms with E-state index in [9.17, 15) is 24.9 Å². The van der Waals surface area contributed by atoms with Crippen molar-refractivity contribution in [2.75, 3.05) is 6.61 Å². The normalized spacial score (nSPS) is 32.9. The second kappa shape index (κ2) is 5.88. The van der Waals surface area contributed by atoms with Gasteiger partial charge in [0.15, 0.2) is 23.8 Å². The van der Waals surface area contributed by atoms with Crippen LogP contribution < -0.4 is 0 Å². The van der Waals surface area contributed by atoms with Crippen LogP contribution in [0.4, 0.5) is 0 Å². The van der Waals surface area contributed by atoms with Crippen LogP contribution >= 0.6 is 0 Å². The van der Waals surface area contributed by atoms with Crippen molar-refractivity contribution in [3.63, 3.8) is 0 Å². The maximum Gasteiger partial charge on any atom is 0.311 e. The maximum atomic E-state index is 12.6. The van der Waals surface area contributed by atoms with Gasteiger partial charge < -0.3 is 24.8 Å². The van der Waals surface area contributed by atoms with Gasteiger partial charge in [-0.15, -0.1) is 0 Å². The first kappa shape index (κ1) is 19.0. The van der Waals surface area contributed by atoms with Gasteiger partial charge >= 0.3 is 5.97 Å². The zero-order chi connectivity index (χ0) is 17.5. The van der Waals surface area contributed by atoms with Gasteiger partial charge in [-0.1, -0.05) is 20.8 Å². The predicted molar refractivity (Wildman–Crippen MR) is 76.7 cm³/mol. The predicted octanol–water partition coefficient (Wildman–Crippen LogP) is 0.0001000. The van der Waals surface area contributed by atoms with Crippen molar-refractivity contribution in [1.82, 2.24) is 0 Å². The van der Waals surface area contributed by atoms with Gasteiger partial charge in [0, 0.05) is 5.41 Å². The second-order valence-corrected chi connectivity index (χ2v) is 7.68. The molecule has 7 heteroatoms. The number of hydrogen-bond donors (Lipinski definition) is 3. The molecule has 7 nitrogen and oxygen atoms in total. The third-order valence-electron chi connectivity index (χ3n) is 3.54. The smallest absolute Gasteiger partial charge is 0.311 e. The first-order chi connectivity index (χ1) is 9.76. The zero-order valence-electron chi connectivity index (χ0n) is 13.9. The Labute approximate surface area is 130 Å². The molecule has 1 aliphatic heterocycles. The van der Waals surface area contributed by atoms with E-state index in [4.69, 9.17) is 9.47 Å². The number of carbonyl (C=O) groups is 2. The number of hydrogen-bond acceptors (Lipinski definition) is 7. The van der Waals surface area contributed by atoms with Gasteiger partial charge in [-0.3, -0.25) is 9.59 Å². The number of ketones is 1. The molecule has 0 spiro atoms. The lowest BCUT2D eigenvalue weighted by molar-refractivity contribution is -0.189. The van der Waals surface area contributed by atoms with Crippen LogP contribution in [0.1, 0.15) is 41.5 Å². The van der Waals surface area contributed by atoms with E-state index in [1.54, 1.807) is 41.5 Å². The van der Waals surface area contributed by atoms with E-state index in [-0.39, 0.29) is 0 Å². The van der Waals surface area contributed by atoms with Crippen LogP contribution in [0.5, 0.6) is 0 Å². The Morgan fingerprint density at radius 2 is 1.64 bits per heavy atom. The maximum absolute atomic E-state index is 12.6. The van der Waals surface area contributed by atoms with Crippen molar-refractivity contribution in [3.8, 4) is 0 Å². The molecule has 22 heavy (non-hydrogen) atoms. The highest BCUT2D eigenvalue weighted by atomic mass is 16.7. The van der Waals surface area contributed by atoms with E-state index in [1.807, 2.05) is 0 Å². The number of carbonyl (C=O) groups excluding carboxylic acids is 2. The van der Waals surface area contributed by atoms with Crippen molar-refractivity contribution in [3.05, 3.63) is 0 Å². The van der Waals surface area contributed by atoms with E-state index in [1.165, 1.54) is 0 Å². The van der Waals surface area contributed by atoms with Crippen LogP contribution in [0.2, 0.25) is 0 Å². The molecule has 1 saturated heterocycles. The zero-order valence-corrected chi connectivity index (χ0v) is 13.9. The molecule has 0 aromatic rings. The minimum absolute atomic E-state index is 0.678. The van der Waals surface area contributed by atoms with E-state index in [2.05, 4.69) is 0 Å². The Hall–Kier alpha value is -1.02. The lowest BCUT2D eigenvalue weighted by atomic mass is 9.75. The molecule has 0 bridgehead atoms. The Morgan fingerprint density at radius 3 is 2.00 bits per heavy atom. The summed E-state index contributed by atoms with van der Waals surface area (Å²) < 4.78 is 10.2. The third-order valence-corrected chi connectivity index (χ3v) is 3.54. The Kier molecular flexibility index (Phi) is 5.09. The first-order valence-corrected chi connectivity index (χ1v) is 7.19. The summed E-state index contributed by atoms with van der Waals surface area (Å²) in [5.74, 6) is -1.37. The molecule has 0 amide bonds. The second-order valence-electron chi connectivity index (χ2n) is 7.68. The average molecular weight is 318 g/mol. The fourth-order valence-electron chi connectivity index (χ4n) is 2.24. The van der Waals surface area contributed by atoms with Gasteiger partial charge in [0.05, 0.1) is 12.0 Å². The quantitative estimate of drug-likeness (QED) is 0.628. The van der Waals surface area contributed by atoms with E-state index in [0.717, 1.165) is 0 Å². The molecule has 1 fully saturated rings. The van der Waals surface area contributed by atoms with Crippen molar-refractivity contribution in [2.24, 2.45) is 10.8 Å². The van der Waals surface area contributed by atoms with Gasteiger partial charge in [0.25, 0.3) is 0 Å². The summed E-state index contributed by atoms with van der Waals surface area (Å²) in [5, 5.41) is 30.1. The Morgan fingerprint density at radius 1 is 1.14 bits per heavy atom. The fraction of sp³-hybridized carbons (Fsp3) is 0.867. The molecule has 1 rings (SSSR count). The van der Waals surface area contributed by atoms with E-state index >= 15 is 0 Å². The molecule has 0 aromatic carbocycles. The van der Waals surface area contributed by atoms with Gasteiger partial charge in [-0.05, 0) is 20.8 Å². The van der Waals surface area contributed by atoms with Crippen molar-refractivity contribution in [1.29, 1.82) is 0 Å². The summed E-state index contributed by atoms with van der Waals surface area (Å²) in [6.45, 7) is 8.85. The largest absolute Gasteiger partial charge is 0.453 e. The highest BCUT2D eigenvalue weighted by molar-refractivity contribution is 5.93. The summed E-state index contributed by atoms with van der Waals surface area (Å²) in [6.07, 6.45) is -4.66. The van der Waals surface area contributed by atoms with Crippen molar-refractivity contribution in [2.45, 2.75) is 65.6 Å². The monoisotopic (exact) mass is 318 g/mol. The Bertz CT molecular complexity index is 446. The molecule has 1 heterocycles.